The SMILES string of the molecule is CC(=O)c1cc2c(cc1NC(=O)CCNC(=O)c1ccsc1)OCO2. The summed E-state index contributed by atoms with van der Waals surface area (Å²) in [7, 11) is 0. The Morgan fingerprint density at radius 1 is 1.20 bits per heavy atom. The van der Waals surface area contributed by atoms with Gasteiger partial charge in [-0.25, -0.2) is 0 Å². The molecule has 7 nitrogen and oxygen atoms in total. The van der Waals surface area contributed by atoms with Crippen molar-refractivity contribution >= 4 is 34.6 Å². The summed E-state index contributed by atoms with van der Waals surface area (Å²) in [6, 6.07) is 4.84. The quantitative estimate of drug-likeness (QED) is 0.772. The van der Waals surface area contributed by atoms with Gasteiger partial charge in [0.05, 0.1) is 5.69 Å². The number of Topliss-reactive ketones (excluding diaryl/α,β-unsaturated/α-hetero) is 1. The average Bonchev–Trinajstić information content (AvgIpc) is 3.25. The van der Waals surface area contributed by atoms with Crippen molar-refractivity contribution in [2.24, 2.45) is 0 Å². The van der Waals surface area contributed by atoms with Crippen molar-refractivity contribution in [3.05, 3.63) is 40.1 Å². The van der Waals surface area contributed by atoms with E-state index >= 15 is 0 Å². The highest BCUT2D eigenvalue weighted by Crippen LogP contribution is 2.37. The zero-order chi connectivity index (χ0) is 17.8. The fraction of sp³-hybridized carbons (Fsp3) is 0.235. The topological polar surface area (TPSA) is 93.7 Å². The number of nitrogens with one attached hydrogen (secondary N) is 2. The highest BCUT2D eigenvalue weighted by molar-refractivity contribution is 7.08. The maximum absolute atomic E-state index is 12.1. The molecule has 0 saturated carbocycles. The molecule has 0 radical (unpaired) electrons. The first kappa shape index (κ1) is 17.0. The molecule has 130 valence electrons. The first-order valence-corrected chi connectivity index (χ1v) is 8.53. The predicted octanol–water partition coefficient (Wildman–Crippen LogP) is 2.44. The third-order valence-corrected chi connectivity index (χ3v) is 4.27. The first-order valence-electron chi connectivity index (χ1n) is 7.59. The van der Waals surface area contributed by atoms with Gasteiger partial charge in [0, 0.05) is 35.5 Å². The maximum atomic E-state index is 12.1. The molecule has 0 atom stereocenters. The second kappa shape index (κ2) is 7.35. The molecule has 2 aromatic rings. The van der Waals surface area contributed by atoms with Gasteiger partial charge in [-0.1, -0.05) is 0 Å². The van der Waals surface area contributed by atoms with Crippen LogP contribution in [-0.4, -0.2) is 30.9 Å². The van der Waals surface area contributed by atoms with Gasteiger partial charge in [0.1, 0.15) is 0 Å². The van der Waals surface area contributed by atoms with Crippen molar-refractivity contribution < 1.29 is 23.9 Å². The fourth-order valence-electron chi connectivity index (χ4n) is 2.33. The summed E-state index contributed by atoms with van der Waals surface area (Å²) >= 11 is 1.43. The number of carbonyl (C=O) groups excluding carboxylic acids is 3. The molecule has 0 spiro atoms. The molecule has 0 aliphatic carbocycles. The lowest BCUT2D eigenvalue weighted by Crippen LogP contribution is -2.27. The van der Waals surface area contributed by atoms with E-state index in [-0.39, 0.29) is 37.4 Å². The van der Waals surface area contributed by atoms with E-state index in [0.717, 1.165) is 0 Å². The highest BCUT2D eigenvalue weighted by Gasteiger charge is 2.20. The van der Waals surface area contributed by atoms with E-state index in [1.54, 1.807) is 23.6 Å². The number of carbonyl (C=O) groups is 3. The van der Waals surface area contributed by atoms with Crippen LogP contribution in [0.25, 0.3) is 0 Å². The van der Waals surface area contributed by atoms with E-state index in [2.05, 4.69) is 10.6 Å². The standard InChI is InChI=1S/C17H16N2O5S/c1-10(20)12-6-14-15(24-9-23-14)7-13(12)19-16(21)2-4-18-17(22)11-3-5-25-8-11/h3,5-8H,2,4,9H2,1H3,(H,18,22)(H,19,21). The summed E-state index contributed by atoms with van der Waals surface area (Å²) in [5.41, 5.74) is 1.28. The van der Waals surface area contributed by atoms with Crippen molar-refractivity contribution in [2.45, 2.75) is 13.3 Å². The highest BCUT2D eigenvalue weighted by atomic mass is 32.1. The van der Waals surface area contributed by atoms with Crippen molar-refractivity contribution in [1.82, 2.24) is 5.32 Å². The monoisotopic (exact) mass is 360 g/mol. The van der Waals surface area contributed by atoms with Gasteiger partial charge in [-0.2, -0.15) is 11.3 Å². The lowest BCUT2D eigenvalue weighted by molar-refractivity contribution is -0.116. The summed E-state index contributed by atoms with van der Waals surface area (Å²) < 4.78 is 10.5. The Morgan fingerprint density at radius 3 is 2.64 bits per heavy atom. The third-order valence-electron chi connectivity index (χ3n) is 3.59. The molecule has 0 saturated heterocycles. The van der Waals surface area contributed by atoms with Crippen LogP contribution in [0.2, 0.25) is 0 Å². The van der Waals surface area contributed by atoms with Crippen LogP contribution in [0, 0.1) is 0 Å². The third kappa shape index (κ3) is 3.97. The second-order valence-corrected chi connectivity index (χ2v) is 6.15. The number of ether oxygens (including phenoxy) is 2. The van der Waals surface area contributed by atoms with E-state index in [9.17, 15) is 14.4 Å². The lowest BCUT2D eigenvalue weighted by Gasteiger charge is -2.11. The van der Waals surface area contributed by atoms with Crippen LogP contribution in [0.1, 0.15) is 34.1 Å². The zero-order valence-corrected chi connectivity index (χ0v) is 14.3. The largest absolute Gasteiger partial charge is 0.454 e. The van der Waals surface area contributed by atoms with Crippen molar-refractivity contribution in [3.63, 3.8) is 0 Å². The molecule has 0 fully saturated rings. The average molecular weight is 360 g/mol. The summed E-state index contributed by atoms with van der Waals surface area (Å²) in [6.07, 6.45) is 0.0850. The predicted molar refractivity (Wildman–Crippen MR) is 92.5 cm³/mol. The second-order valence-electron chi connectivity index (χ2n) is 5.37. The summed E-state index contributed by atoms with van der Waals surface area (Å²) in [6.45, 7) is 1.69. The Hall–Kier alpha value is -2.87. The van der Waals surface area contributed by atoms with Gasteiger partial charge in [-0.3, -0.25) is 14.4 Å². The van der Waals surface area contributed by atoms with Crippen LogP contribution in [0.5, 0.6) is 11.5 Å². The molecular weight excluding hydrogens is 344 g/mol. The van der Waals surface area contributed by atoms with Gasteiger partial charge in [0.2, 0.25) is 12.7 Å². The summed E-state index contributed by atoms with van der Waals surface area (Å²) in [4.78, 5) is 35.7. The van der Waals surface area contributed by atoms with Gasteiger partial charge in [0.15, 0.2) is 17.3 Å². The molecule has 2 amide bonds. The summed E-state index contributed by atoms with van der Waals surface area (Å²) in [5.74, 6) is 0.227. The molecule has 25 heavy (non-hydrogen) atoms. The molecule has 8 heteroatoms. The molecule has 0 bridgehead atoms. The minimum atomic E-state index is -0.313. The number of fused-ring (bicyclic) bond motifs is 1. The van der Waals surface area contributed by atoms with E-state index in [1.165, 1.54) is 18.3 Å². The van der Waals surface area contributed by atoms with Gasteiger partial charge in [0.25, 0.3) is 5.91 Å². The van der Waals surface area contributed by atoms with Gasteiger partial charge in [-0.05, 0) is 24.4 Å². The molecule has 3 rings (SSSR count). The van der Waals surface area contributed by atoms with Crippen LogP contribution in [-0.2, 0) is 4.79 Å². The fourth-order valence-corrected chi connectivity index (χ4v) is 2.97. The van der Waals surface area contributed by atoms with E-state index in [4.69, 9.17) is 9.47 Å². The number of benzene rings is 1. The zero-order valence-electron chi connectivity index (χ0n) is 13.5. The number of amides is 2. The molecule has 1 aromatic carbocycles. The molecule has 2 N–H and O–H groups in total. The van der Waals surface area contributed by atoms with Gasteiger partial charge >= 0.3 is 0 Å². The van der Waals surface area contributed by atoms with E-state index < -0.39 is 0 Å². The number of anilines is 1. The Balaban J connectivity index is 1.59. The Kier molecular flexibility index (Phi) is 4.99. The van der Waals surface area contributed by atoms with Crippen LogP contribution in [0.4, 0.5) is 5.69 Å². The Labute approximate surface area is 147 Å². The number of hydrogen-bond acceptors (Lipinski definition) is 6. The van der Waals surface area contributed by atoms with Crippen molar-refractivity contribution in [3.8, 4) is 11.5 Å². The van der Waals surface area contributed by atoms with Gasteiger partial charge < -0.3 is 20.1 Å². The van der Waals surface area contributed by atoms with E-state index in [1.807, 2.05) is 5.38 Å². The van der Waals surface area contributed by atoms with Crippen LogP contribution < -0.4 is 20.1 Å². The van der Waals surface area contributed by atoms with Crippen molar-refractivity contribution in [2.75, 3.05) is 18.7 Å². The number of thiophene rings is 1. The minimum Gasteiger partial charge on any atom is -0.454 e. The van der Waals surface area contributed by atoms with E-state index in [0.29, 0.717) is 28.3 Å². The summed E-state index contributed by atoms with van der Waals surface area (Å²) in [5, 5.41) is 8.91. The molecule has 1 aliphatic rings. The molecular formula is C17H16N2O5S. The number of rotatable bonds is 6. The Bertz CT molecular complexity index is 817. The molecule has 1 aliphatic heterocycles. The maximum Gasteiger partial charge on any atom is 0.252 e. The van der Waals surface area contributed by atoms with Crippen LogP contribution in [0.15, 0.2) is 29.0 Å². The number of ketones is 1. The molecule has 1 aromatic heterocycles. The van der Waals surface area contributed by atoms with Crippen LogP contribution in [0.3, 0.4) is 0 Å². The Morgan fingerprint density at radius 2 is 1.96 bits per heavy atom. The number of hydrogen-bond donors (Lipinski definition) is 2. The minimum absolute atomic E-state index is 0.0820. The van der Waals surface area contributed by atoms with Gasteiger partial charge in [-0.15, -0.1) is 0 Å². The van der Waals surface area contributed by atoms with Crippen molar-refractivity contribution in [1.29, 1.82) is 0 Å². The smallest absolute Gasteiger partial charge is 0.252 e. The van der Waals surface area contributed by atoms with Crippen LogP contribution >= 0.6 is 11.3 Å². The lowest BCUT2D eigenvalue weighted by atomic mass is 10.1. The molecule has 0 unspecified atom stereocenters. The first-order chi connectivity index (χ1) is 12.0. The normalized spacial score (nSPS) is 11.9. The molecule has 2 heterocycles.